The average Bonchev–Trinajstić information content (AvgIpc) is 4.24. The van der Waals surface area contributed by atoms with Gasteiger partial charge < -0.3 is 30.5 Å². The van der Waals surface area contributed by atoms with Crippen molar-refractivity contribution >= 4 is 11.9 Å². The van der Waals surface area contributed by atoms with E-state index in [0.717, 1.165) is 29.0 Å². The van der Waals surface area contributed by atoms with E-state index in [1.807, 2.05) is 69.3 Å². The third-order valence-corrected chi connectivity index (χ3v) is 12.5. The predicted octanol–water partition coefficient (Wildman–Crippen LogP) is 8.12. The number of fused-ring (bicyclic) bond motifs is 1. The van der Waals surface area contributed by atoms with Gasteiger partial charge in [0, 0.05) is 23.5 Å². The highest BCUT2D eigenvalue weighted by molar-refractivity contribution is 5.89. The number of carbonyl (C=O) groups is 2. The van der Waals surface area contributed by atoms with Gasteiger partial charge in [0.1, 0.15) is 0 Å². The van der Waals surface area contributed by atoms with Gasteiger partial charge in [-0.2, -0.15) is 5.26 Å². The molecule has 0 amide bonds. The summed E-state index contributed by atoms with van der Waals surface area (Å²) in [5.74, 6) is 0.734. The molecule has 3 saturated carbocycles. The highest BCUT2D eigenvalue weighted by atomic mass is 16.5. The molecule has 4 aromatic rings. The van der Waals surface area contributed by atoms with E-state index in [1.165, 1.54) is 62.1 Å². The number of aliphatic hydroxyl groups excluding tert-OH is 1. The summed E-state index contributed by atoms with van der Waals surface area (Å²) in [5.41, 5.74) is 15.1. The molecular weight excluding hydrogens is 749 g/mol. The number of nitrogens with zero attached hydrogens (tertiary/aromatic N) is 2. The Morgan fingerprint density at radius 1 is 0.867 bits per heavy atom. The fraction of sp³-hybridized carbons (Fsp3) is 0.412. The number of carbonyl (C=O) groups excluding carboxylic acids is 2. The number of nitriles is 1. The van der Waals surface area contributed by atoms with Crippen molar-refractivity contribution in [3.8, 4) is 6.07 Å². The van der Waals surface area contributed by atoms with Crippen LogP contribution >= 0.6 is 0 Å². The molecule has 1 saturated heterocycles. The van der Waals surface area contributed by atoms with Crippen molar-refractivity contribution in [2.24, 2.45) is 17.6 Å². The van der Waals surface area contributed by atoms with E-state index in [4.69, 9.17) is 22.3 Å². The minimum absolute atomic E-state index is 0.0253. The van der Waals surface area contributed by atoms with Gasteiger partial charge in [-0.3, -0.25) is 9.59 Å². The Labute approximate surface area is 357 Å². The molecule has 4 aromatic carbocycles. The summed E-state index contributed by atoms with van der Waals surface area (Å²) < 4.78 is 9.47. The molecule has 1 heterocycles. The maximum atomic E-state index is 11.8. The van der Waals surface area contributed by atoms with E-state index < -0.39 is 5.41 Å². The maximum Gasteiger partial charge on any atom is 0.324 e. The van der Waals surface area contributed by atoms with Crippen LogP contribution in [0.4, 0.5) is 0 Å². The van der Waals surface area contributed by atoms with Crippen LogP contribution in [0.5, 0.6) is 0 Å². The van der Waals surface area contributed by atoms with Gasteiger partial charge in [-0.15, -0.1) is 0 Å². The summed E-state index contributed by atoms with van der Waals surface area (Å²) in [4.78, 5) is 26.4. The Bertz CT molecular complexity index is 2120. The molecule has 7 atom stereocenters. The molecule has 316 valence electrons. The molecule has 4 fully saturated rings. The number of nitrogens with two attached hydrogens (primary N) is 1. The quantitative estimate of drug-likeness (QED) is 0.0922. The van der Waals surface area contributed by atoms with Gasteiger partial charge in [0.15, 0.2) is 5.41 Å². The number of aryl methyl sites for hydroxylation is 4. The Morgan fingerprint density at radius 2 is 1.35 bits per heavy atom. The third kappa shape index (κ3) is 11.0. The second-order valence-corrected chi connectivity index (χ2v) is 16.5. The zero-order chi connectivity index (χ0) is 44.1. The lowest BCUT2D eigenvalue weighted by molar-refractivity contribution is -0.144. The fourth-order valence-electron chi connectivity index (χ4n) is 8.14. The number of nitrogens with one attached hydrogen (secondary N) is 1. The molecule has 9 heteroatoms. The molecule has 4 aliphatic rings. The maximum absolute atomic E-state index is 11.8. The third-order valence-electron chi connectivity index (χ3n) is 12.5. The van der Waals surface area contributed by atoms with Crippen LogP contribution in [0, 0.1) is 57.4 Å². The largest absolute Gasteiger partial charge is 0.469 e. The molecule has 7 unspecified atom stereocenters. The zero-order valence-corrected chi connectivity index (χ0v) is 36.3. The number of hydrogen-bond donors (Lipinski definition) is 3. The van der Waals surface area contributed by atoms with Crippen LogP contribution in [0.1, 0.15) is 76.6 Å². The van der Waals surface area contributed by atoms with Gasteiger partial charge in [0.2, 0.25) is 6.04 Å². The first-order chi connectivity index (χ1) is 28.7. The van der Waals surface area contributed by atoms with E-state index in [-0.39, 0.29) is 35.9 Å². The van der Waals surface area contributed by atoms with Crippen LogP contribution in [0.15, 0.2) is 110 Å². The lowest BCUT2D eigenvalue weighted by atomic mass is 9.93. The number of benzene rings is 4. The topological polar surface area (TPSA) is 139 Å². The molecule has 0 aromatic heterocycles. The number of methoxy groups -OCH3 is 2. The second kappa shape index (κ2) is 21.1. The zero-order valence-electron chi connectivity index (χ0n) is 36.3. The molecular formula is C51H62N4O5. The second-order valence-electron chi connectivity index (χ2n) is 16.5. The Morgan fingerprint density at radius 3 is 1.70 bits per heavy atom. The van der Waals surface area contributed by atoms with Gasteiger partial charge >= 0.3 is 11.9 Å². The predicted molar refractivity (Wildman–Crippen MR) is 238 cm³/mol. The van der Waals surface area contributed by atoms with E-state index in [0.29, 0.717) is 24.3 Å². The lowest BCUT2D eigenvalue weighted by Crippen LogP contribution is -2.25. The van der Waals surface area contributed by atoms with Gasteiger partial charge in [0.25, 0.3) is 0 Å². The smallest absolute Gasteiger partial charge is 0.324 e. The molecule has 8 rings (SSSR count). The molecule has 3 aliphatic carbocycles. The number of allylic oxidation sites excluding steroid dienone is 1. The highest BCUT2D eigenvalue weighted by Gasteiger charge is 2.69. The van der Waals surface area contributed by atoms with Crippen molar-refractivity contribution < 1.29 is 24.2 Å². The normalized spacial score (nSPS) is 24.9. The molecule has 0 radical (unpaired) electrons. The molecule has 9 nitrogen and oxygen atoms in total. The Hall–Kier alpha value is -5.58. The van der Waals surface area contributed by atoms with Gasteiger partial charge in [0.05, 0.1) is 39.2 Å². The summed E-state index contributed by atoms with van der Waals surface area (Å²) in [6, 6.07) is 34.6. The molecule has 0 spiro atoms. The van der Waals surface area contributed by atoms with Crippen molar-refractivity contribution in [1.29, 1.82) is 5.26 Å². The van der Waals surface area contributed by atoms with Crippen molar-refractivity contribution in [2.75, 3.05) is 40.5 Å². The average molecular weight is 811 g/mol. The number of hydrogen-bond acceptors (Lipinski definition) is 8. The van der Waals surface area contributed by atoms with E-state index in [2.05, 4.69) is 83.9 Å². The van der Waals surface area contributed by atoms with Crippen molar-refractivity contribution in [2.45, 2.75) is 82.1 Å². The monoisotopic (exact) mass is 810 g/mol. The minimum Gasteiger partial charge on any atom is -0.469 e. The Balaban J connectivity index is 0.000000172. The summed E-state index contributed by atoms with van der Waals surface area (Å²) in [7, 11) is 2.78. The van der Waals surface area contributed by atoms with Crippen LogP contribution in [-0.2, 0) is 35.3 Å². The highest BCUT2D eigenvalue weighted by Crippen LogP contribution is 2.56. The van der Waals surface area contributed by atoms with Crippen LogP contribution in [-0.4, -0.2) is 63.5 Å². The van der Waals surface area contributed by atoms with Crippen LogP contribution in [0.25, 0.3) is 4.85 Å². The Kier molecular flexibility index (Phi) is 16.6. The summed E-state index contributed by atoms with van der Waals surface area (Å²) >= 11 is 0. The lowest BCUT2D eigenvalue weighted by Gasteiger charge is -2.14. The number of rotatable bonds is 8. The number of esters is 2. The van der Waals surface area contributed by atoms with E-state index in [9.17, 15) is 14.7 Å². The molecule has 1 aliphatic heterocycles. The van der Waals surface area contributed by atoms with E-state index in [1.54, 1.807) is 11.6 Å². The number of ether oxygens (including phenoxy) is 2. The van der Waals surface area contributed by atoms with Gasteiger partial charge in [-0.25, -0.2) is 6.57 Å². The number of piperidine rings is 1. The molecule has 0 bridgehead atoms. The summed E-state index contributed by atoms with van der Waals surface area (Å²) in [5, 5.41) is 20.4. The van der Waals surface area contributed by atoms with Crippen LogP contribution < -0.4 is 11.1 Å². The first-order valence-electron chi connectivity index (χ1n) is 20.6. The first kappa shape index (κ1) is 47.1. The van der Waals surface area contributed by atoms with Crippen LogP contribution in [0.2, 0.25) is 0 Å². The minimum atomic E-state index is -0.704. The van der Waals surface area contributed by atoms with Gasteiger partial charge in [-0.05, 0) is 94.6 Å². The van der Waals surface area contributed by atoms with Crippen LogP contribution in [0.3, 0.4) is 0 Å². The summed E-state index contributed by atoms with van der Waals surface area (Å²) in [6.07, 6.45) is 4.19. The molecule has 60 heavy (non-hydrogen) atoms. The molecule has 4 N–H and O–H groups in total. The van der Waals surface area contributed by atoms with Gasteiger partial charge in [-0.1, -0.05) is 126 Å². The fourth-order valence-corrected chi connectivity index (χ4v) is 8.14. The first-order valence-corrected chi connectivity index (χ1v) is 20.6. The SMILES string of the molecule is C=CC#N.COC(=O)C(C)c1ccc(C)cc1.Cc1ccc(C2(CO)CC2CN)cc1.Cc1ccc(C23CNCC2C3)cc1.[C-]#[N+]C1CC1(C(=O)OC)c1ccc(C)cc1. The summed E-state index contributed by atoms with van der Waals surface area (Å²) in [6.45, 7) is 23.6. The van der Waals surface area contributed by atoms with Crippen molar-refractivity contribution in [1.82, 2.24) is 5.32 Å². The number of aliphatic hydroxyl groups is 1. The standard InChI is InChI=1S/C13H13NO2.C12H17NO.C12H15N.C11H14O2.C3H3N/c1-9-4-6-10(7-5-9)13(12(15)16-3)8-11(13)14-2;1-9-2-4-10(5-3-9)12(8-14)6-11(12)7-13;1-9-2-4-10(5-3-9)12-6-11(12)7-13-8-12;1-8-4-6-10(7-5-8)9(2)11(12)13-3;1-2-3-4/h4-7,11H,8H2,1,3H3;2-5,11,14H,6-8,13H2,1H3;2-5,11,13H,6-8H2,1H3;4-7,9H,1-3H3;2H,1H2. The van der Waals surface area contributed by atoms with E-state index >= 15 is 0 Å². The van der Waals surface area contributed by atoms with Crippen molar-refractivity contribution in [3.63, 3.8) is 0 Å². The van der Waals surface area contributed by atoms with Crippen molar-refractivity contribution in [3.05, 3.63) is 166 Å².